The molecule has 0 aromatic carbocycles. The summed E-state index contributed by atoms with van der Waals surface area (Å²) in [5.74, 6) is -0.282. The number of thiazole rings is 1. The number of nitrogens with zero attached hydrogens (tertiary/aromatic N) is 3. The molecule has 2 aliphatic heterocycles. The van der Waals surface area contributed by atoms with Gasteiger partial charge in [0.1, 0.15) is 6.04 Å². The monoisotopic (exact) mass is 358 g/mol. The van der Waals surface area contributed by atoms with E-state index in [2.05, 4.69) is 10.3 Å². The third-order valence-corrected chi connectivity index (χ3v) is 7.09. The molecule has 128 valence electrons. The van der Waals surface area contributed by atoms with Crippen LogP contribution in [0.5, 0.6) is 0 Å². The molecule has 2 aliphatic rings. The molecule has 3 heterocycles. The van der Waals surface area contributed by atoms with Gasteiger partial charge in [0.05, 0.1) is 0 Å². The van der Waals surface area contributed by atoms with Crippen molar-refractivity contribution in [2.45, 2.75) is 44.6 Å². The third-order valence-electron chi connectivity index (χ3n) is 4.36. The van der Waals surface area contributed by atoms with Gasteiger partial charge in [-0.1, -0.05) is 12.8 Å². The molecule has 1 unspecified atom stereocenters. The zero-order valence-electron chi connectivity index (χ0n) is 13.0. The Morgan fingerprint density at radius 2 is 1.91 bits per heavy atom. The van der Waals surface area contributed by atoms with Crippen LogP contribution in [0.15, 0.2) is 11.6 Å². The predicted octanol–water partition coefficient (Wildman–Crippen LogP) is 1.67. The van der Waals surface area contributed by atoms with Gasteiger partial charge in [-0.05, 0) is 25.7 Å². The first-order valence-corrected chi connectivity index (χ1v) is 10.3. The normalized spacial score (nSPS) is 24.4. The summed E-state index contributed by atoms with van der Waals surface area (Å²) in [5, 5.41) is 5.01. The first kappa shape index (κ1) is 16.8. The predicted molar refractivity (Wildman–Crippen MR) is 89.4 cm³/mol. The van der Waals surface area contributed by atoms with Crippen molar-refractivity contribution in [1.82, 2.24) is 13.6 Å². The quantitative estimate of drug-likeness (QED) is 0.887. The summed E-state index contributed by atoms with van der Waals surface area (Å²) in [6.45, 7) is 1.52. The SMILES string of the molecule is O=C(Nc1nccs1)C1CCCN1S(=O)(=O)N1CCCCCC1. The van der Waals surface area contributed by atoms with Crippen LogP contribution in [0.1, 0.15) is 38.5 Å². The average molecular weight is 358 g/mol. The van der Waals surface area contributed by atoms with Gasteiger partial charge in [-0.25, -0.2) is 4.98 Å². The standard InChI is InChI=1S/C14H22N4O3S2/c19-13(16-14-15-7-11-22-14)12-6-5-10-18(12)23(20,21)17-8-3-1-2-4-9-17/h7,11-12H,1-6,8-10H2,(H,15,16,19). The van der Waals surface area contributed by atoms with Gasteiger partial charge in [0.25, 0.3) is 10.2 Å². The highest BCUT2D eigenvalue weighted by Crippen LogP contribution is 2.26. The number of hydrogen-bond acceptors (Lipinski definition) is 5. The van der Waals surface area contributed by atoms with Gasteiger partial charge >= 0.3 is 0 Å². The largest absolute Gasteiger partial charge is 0.301 e. The van der Waals surface area contributed by atoms with Crippen molar-refractivity contribution in [2.24, 2.45) is 0 Å². The number of hydrogen-bond donors (Lipinski definition) is 1. The molecule has 2 fully saturated rings. The van der Waals surface area contributed by atoms with Crippen molar-refractivity contribution in [3.05, 3.63) is 11.6 Å². The molecule has 1 aromatic heterocycles. The Morgan fingerprint density at radius 3 is 2.57 bits per heavy atom. The molecule has 0 radical (unpaired) electrons. The summed E-state index contributed by atoms with van der Waals surface area (Å²) < 4.78 is 28.8. The van der Waals surface area contributed by atoms with Gasteiger partial charge in [-0.3, -0.25) is 4.79 Å². The number of amides is 1. The van der Waals surface area contributed by atoms with Gasteiger partial charge < -0.3 is 5.32 Å². The number of nitrogens with one attached hydrogen (secondary N) is 1. The molecule has 1 aromatic rings. The Balaban J connectivity index is 1.73. The van der Waals surface area contributed by atoms with Crippen LogP contribution in [0.2, 0.25) is 0 Å². The minimum Gasteiger partial charge on any atom is -0.301 e. The lowest BCUT2D eigenvalue weighted by Gasteiger charge is -2.29. The summed E-state index contributed by atoms with van der Waals surface area (Å²) in [7, 11) is -3.57. The van der Waals surface area contributed by atoms with Crippen molar-refractivity contribution in [2.75, 3.05) is 25.0 Å². The molecule has 7 nitrogen and oxygen atoms in total. The number of carbonyl (C=O) groups excluding carboxylic acids is 1. The molecule has 0 saturated carbocycles. The number of aromatic nitrogens is 1. The van der Waals surface area contributed by atoms with E-state index in [-0.39, 0.29) is 5.91 Å². The highest BCUT2D eigenvalue weighted by molar-refractivity contribution is 7.86. The number of rotatable bonds is 4. The van der Waals surface area contributed by atoms with E-state index in [1.165, 1.54) is 15.6 Å². The fourth-order valence-corrected chi connectivity index (χ4v) is 5.60. The van der Waals surface area contributed by atoms with E-state index in [9.17, 15) is 13.2 Å². The van der Waals surface area contributed by atoms with Crippen LogP contribution in [-0.2, 0) is 15.0 Å². The Kier molecular flexibility index (Phi) is 5.30. The van der Waals surface area contributed by atoms with Gasteiger partial charge in [-0.15, -0.1) is 11.3 Å². The lowest BCUT2D eigenvalue weighted by molar-refractivity contribution is -0.119. The molecule has 9 heteroatoms. The molecule has 1 amide bonds. The first-order chi connectivity index (χ1) is 11.1. The van der Waals surface area contributed by atoms with Gasteiger partial charge in [0.2, 0.25) is 5.91 Å². The Morgan fingerprint density at radius 1 is 1.17 bits per heavy atom. The van der Waals surface area contributed by atoms with Crippen molar-refractivity contribution >= 4 is 32.6 Å². The molecule has 0 spiro atoms. The maximum atomic E-state index is 12.9. The van der Waals surface area contributed by atoms with Crippen LogP contribution in [-0.4, -0.2) is 53.6 Å². The smallest absolute Gasteiger partial charge is 0.282 e. The van der Waals surface area contributed by atoms with Crippen LogP contribution < -0.4 is 5.32 Å². The number of anilines is 1. The fraction of sp³-hybridized carbons (Fsp3) is 0.714. The van der Waals surface area contributed by atoms with E-state index in [4.69, 9.17) is 0 Å². The molecule has 0 bridgehead atoms. The summed E-state index contributed by atoms with van der Waals surface area (Å²) in [5.41, 5.74) is 0. The highest BCUT2D eigenvalue weighted by atomic mass is 32.2. The van der Waals surface area contributed by atoms with Crippen molar-refractivity contribution in [1.29, 1.82) is 0 Å². The lowest BCUT2D eigenvalue weighted by atomic mass is 10.2. The van der Waals surface area contributed by atoms with Crippen LogP contribution >= 0.6 is 11.3 Å². The zero-order chi connectivity index (χ0) is 16.3. The van der Waals surface area contributed by atoms with Crippen LogP contribution in [0, 0.1) is 0 Å². The zero-order valence-corrected chi connectivity index (χ0v) is 14.6. The molecule has 2 saturated heterocycles. The molecular weight excluding hydrogens is 336 g/mol. The molecule has 0 aliphatic carbocycles. The lowest BCUT2D eigenvalue weighted by Crippen LogP contribution is -2.49. The maximum Gasteiger partial charge on any atom is 0.282 e. The van der Waals surface area contributed by atoms with Gasteiger partial charge in [0.15, 0.2) is 5.13 Å². The van der Waals surface area contributed by atoms with E-state index in [1.807, 2.05) is 0 Å². The maximum absolute atomic E-state index is 12.9. The summed E-state index contributed by atoms with van der Waals surface area (Å²) >= 11 is 1.33. The Hall–Kier alpha value is -1.03. The Bertz CT molecular complexity index is 624. The number of carbonyl (C=O) groups is 1. The minimum atomic E-state index is -3.57. The van der Waals surface area contributed by atoms with Crippen LogP contribution in [0.3, 0.4) is 0 Å². The second-order valence-corrected chi connectivity index (χ2v) is 8.69. The topological polar surface area (TPSA) is 82.6 Å². The molecule has 23 heavy (non-hydrogen) atoms. The van der Waals surface area contributed by atoms with Crippen molar-refractivity contribution in [3.63, 3.8) is 0 Å². The molecular formula is C14H22N4O3S2. The fourth-order valence-electron chi connectivity index (χ4n) is 3.17. The minimum absolute atomic E-state index is 0.282. The van der Waals surface area contributed by atoms with E-state index < -0.39 is 16.3 Å². The third kappa shape index (κ3) is 3.73. The van der Waals surface area contributed by atoms with E-state index in [0.717, 1.165) is 25.7 Å². The molecule has 1 atom stereocenters. The van der Waals surface area contributed by atoms with Crippen molar-refractivity contribution < 1.29 is 13.2 Å². The second-order valence-electron chi connectivity index (χ2n) is 5.92. The van der Waals surface area contributed by atoms with Crippen LogP contribution in [0.25, 0.3) is 0 Å². The average Bonchev–Trinajstić information content (AvgIpc) is 3.13. The molecule has 3 rings (SSSR count). The highest BCUT2D eigenvalue weighted by Gasteiger charge is 2.41. The van der Waals surface area contributed by atoms with E-state index >= 15 is 0 Å². The van der Waals surface area contributed by atoms with E-state index in [0.29, 0.717) is 37.6 Å². The second kappa shape index (κ2) is 7.25. The van der Waals surface area contributed by atoms with E-state index in [1.54, 1.807) is 15.9 Å². The first-order valence-electron chi connectivity index (χ1n) is 8.06. The van der Waals surface area contributed by atoms with Crippen LogP contribution in [0.4, 0.5) is 5.13 Å². The summed E-state index contributed by atoms with van der Waals surface area (Å²) in [6.07, 6.45) is 6.81. The van der Waals surface area contributed by atoms with Crippen molar-refractivity contribution in [3.8, 4) is 0 Å². The van der Waals surface area contributed by atoms with Gasteiger partial charge in [0, 0.05) is 31.2 Å². The Labute approximate surface area is 140 Å². The van der Waals surface area contributed by atoms with Gasteiger partial charge in [-0.2, -0.15) is 17.0 Å². The molecule has 1 N–H and O–H groups in total. The summed E-state index contributed by atoms with van der Waals surface area (Å²) in [6, 6.07) is -0.632. The summed E-state index contributed by atoms with van der Waals surface area (Å²) in [4.78, 5) is 16.5.